The molecule has 0 bridgehead atoms. The van der Waals surface area contributed by atoms with Crippen LogP contribution in [0.4, 0.5) is 0 Å². The summed E-state index contributed by atoms with van der Waals surface area (Å²) in [5.41, 5.74) is 1.63. The maximum Gasteiger partial charge on any atom is 0.212 e. The predicted octanol–water partition coefficient (Wildman–Crippen LogP) is 2.43. The maximum atomic E-state index is 9.62. The normalized spacial score (nSPS) is 20.5. The number of aliphatic hydroxyl groups is 1. The minimum absolute atomic E-state index is 0.0392. The highest BCUT2D eigenvalue weighted by atomic mass is 32.1. The van der Waals surface area contributed by atoms with Crippen LogP contribution in [0.5, 0.6) is 0 Å². The van der Waals surface area contributed by atoms with Gasteiger partial charge in [-0.05, 0) is 12.8 Å². The molecule has 1 saturated heterocycles. The molecule has 5 nitrogen and oxygen atoms in total. The number of imidazole rings is 1. The molecule has 1 unspecified atom stereocenters. The lowest BCUT2D eigenvalue weighted by Crippen LogP contribution is -2.15. The first-order valence-corrected chi connectivity index (χ1v) is 7.43. The van der Waals surface area contributed by atoms with Crippen LogP contribution in [0.3, 0.4) is 0 Å². The Hall–Kier alpha value is -0.980. The van der Waals surface area contributed by atoms with E-state index in [0.717, 1.165) is 40.8 Å². The standard InChI is InChI=1S/C13H19N3O2S/c1-13(2,3)10-8(7-17)16-12(14-10)19-11(15-16)9-5-4-6-18-9/h9,17H,4-7H2,1-3H3. The highest BCUT2D eigenvalue weighted by Gasteiger charge is 2.28. The summed E-state index contributed by atoms with van der Waals surface area (Å²) in [5, 5.41) is 15.2. The summed E-state index contributed by atoms with van der Waals surface area (Å²) in [7, 11) is 0. The first kappa shape index (κ1) is 13.0. The predicted molar refractivity (Wildman–Crippen MR) is 73.4 cm³/mol. The molecule has 6 heteroatoms. The van der Waals surface area contributed by atoms with E-state index >= 15 is 0 Å². The van der Waals surface area contributed by atoms with E-state index in [0.29, 0.717) is 0 Å². The molecule has 0 spiro atoms. The van der Waals surface area contributed by atoms with Gasteiger partial charge in [0.2, 0.25) is 4.96 Å². The largest absolute Gasteiger partial charge is 0.390 e. The maximum absolute atomic E-state index is 9.62. The lowest BCUT2D eigenvalue weighted by Gasteiger charge is -2.16. The van der Waals surface area contributed by atoms with Gasteiger partial charge in [-0.15, -0.1) is 0 Å². The number of hydrogen-bond acceptors (Lipinski definition) is 5. The van der Waals surface area contributed by atoms with Crippen molar-refractivity contribution in [3.05, 3.63) is 16.4 Å². The summed E-state index contributed by atoms with van der Waals surface area (Å²) in [6.07, 6.45) is 2.22. The van der Waals surface area contributed by atoms with Gasteiger partial charge in [0.25, 0.3) is 0 Å². The Morgan fingerprint density at radius 2 is 2.26 bits per heavy atom. The minimum atomic E-state index is -0.0878. The van der Waals surface area contributed by atoms with Gasteiger partial charge in [-0.25, -0.2) is 9.50 Å². The molecule has 0 saturated carbocycles. The van der Waals surface area contributed by atoms with E-state index in [2.05, 4.69) is 30.9 Å². The zero-order chi connectivity index (χ0) is 13.6. The number of fused-ring (bicyclic) bond motifs is 1. The molecule has 2 aromatic rings. The van der Waals surface area contributed by atoms with Crippen molar-refractivity contribution in [3.63, 3.8) is 0 Å². The second-order valence-corrected chi connectivity index (χ2v) is 6.94. The number of aliphatic hydroxyl groups excluding tert-OH is 1. The summed E-state index contributed by atoms with van der Waals surface area (Å²) < 4.78 is 7.43. The summed E-state index contributed by atoms with van der Waals surface area (Å²) in [4.78, 5) is 5.50. The summed E-state index contributed by atoms with van der Waals surface area (Å²) in [5.74, 6) is 0. The zero-order valence-electron chi connectivity index (χ0n) is 11.5. The third-order valence-electron chi connectivity index (χ3n) is 3.38. The molecule has 3 heterocycles. The van der Waals surface area contributed by atoms with Crippen LogP contribution in [0.1, 0.15) is 56.1 Å². The number of nitrogens with zero attached hydrogens (tertiary/aromatic N) is 3. The summed E-state index contributed by atoms with van der Waals surface area (Å²) in [6.45, 7) is 7.06. The Labute approximate surface area is 116 Å². The average Bonchev–Trinajstić information content (AvgIpc) is 3.01. The van der Waals surface area contributed by atoms with Gasteiger partial charge >= 0.3 is 0 Å². The number of rotatable bonds is 2. The second-order valence-electron chi connectivity index (χ2n) is 5.95. The molecule has 2 aromatic heterocycles. The van der Waals surface area contributed by atoms with Gasteiger partial charge in [0, 0.05) is 12.0 Å². The molecule has 3 rings (SSSR count). The van der Waals surface area contributed by atoms with Crippen LogP contribution in [0.15, 0.2) is 0 Å². The lowest BCUT2D eigenvalue weighted by molar-refractivity contribution is 0.111. The Bertz CT molecular complexity index is 591. The lowest BCUT2D eigenvalue weighted by atomic mass is 9.91. The van der Waals surface area contributed by atoms with E-state index < -0.39 is 0 Å². The van der Waals surface area contributed by atoms with Crippen LogP contribution in [0.25, 0.3) is 4.96 Å². The smallest absolute Gasteiger partial charge is 0.212 e. The molecule has 1 aliphatic rings. The molecule has 1 aliphatic heterocycles. The third-order valence-corrected chi connectivity index (χ3v) is 4.38. The Kier molecular flexibility index (Phi) is 3.11. The van der Waals surface area contributed by atoms with Gasteiger partial charge in [0.05, 0.1) is 18.0 Å². The van der Waals surface area contributed by atoms with Crippen molar-refractivity contribution >= 4 is 16.3 Å². The van der Waals surface area contributed by atoms with E-state index in [1.54, 1.807) is 15.9 Å². The highest BCUT2D eigenvalue weighted by Crippen LogP contribution is 2.34. The summed E-state index contributed by atoms with van der Waals surface area (Å²) in [6, 6.07) is 0. The fraction of sp³-hybridized carbons (Fsp3) is 0.692. The Morgan fingerprint density at radius 1 is 1.47 bits per heavy atom. The van der Waals surface area contributed by atoms with E-state index in [4.69, 9.17) is 4.74 Å². The van der Waals surface area contributed by atoms with Crippen molar-refractivity contribution in [2.75, 3.05) is 6.61 Å². The van der Waals surface area contributed by atoms with E-state index in [-0.39, 0.29) is 18.1 Å². The van der Waals surface area contributed by atoms with Gasteiger partial charge in [-0.1, -0.05) is 32.1 Å². The van der Waals surface area contributed by atoms with Crippen LogP contribution in [0, 0.1) is 0 Å². The Balaban J connectivity index is 2.07. The topological polar surface area (TPSA) is 59.7 Å². The molecule has 1 fully saturated rings. The molecule has 104 valence electrons. The van der Waals surface area contributed by atoms with Gasteiger partial charge < -0.3 is 9.84 Å². The summed E-state index contributed by atoms with van der Waals surface area (Å²) >= 11 is 1.57. The van der Waals surface area contributed by atoms with Crippen LogP contribution in [-0.2, 0) is 16.8 Å². The van der Waals surface area contributed by atoms with Gasteiger partial charge in [-0.3, -0.25) is 0 Å². The van der Waals surface area contributed by atoms with Gasteiger partial charge in [-0.2, -0.15) is 5.10 Å². The average molecular weight is 281 g/mol. The van der Waals surface area contributed by atoms with Crippen LogP contribution in [0.2, 0.25) is 0 Å². The minimum Gasteiger partial charge on any atom is -0.390 e. The van der Waals surface area contributed by atoms with Gasteiger partial charge in [0.15, 0.2) is 0 Å². The van der Waals surface area contributed by atoms with Gasteiger partial charge in [0.1, 0.15) is 11.1 Å². The van der Waals surface area contributed by atoms with E-state index in [9.17, 15) is 5.11 Å². The Morgan fingerprint density at radius 3 is 2.84 bits per heavy atom. The third kappa shape index (κ3) is 2.17. The van der Waals surface area contributed by atoms with E-state index in [1.807, 2.05) is 0 Å². The fourth-order valence-corrected chi connectivity index (χ4v) is 3.45. The molecule has 0 amide bonds. The first-order chi connectivity index (χ1) is 9.00. The highest BCUT2D eigenvalue weighted by molar-refractivity contribution is 7.16. The number of aromatic nitrogens is 3. The quantitative estimate of drug-likeness (QED) is 0.918. The molecule has 1 atom stereocenters. The van der Waals surface area contributed by atoms with Crippen LogP contribution >= 0.6 is 11.3 Å². The zero-order valence-corrected chi connectivity index (χ0v) is 12.3. The molecular formula is C13H19N3O2S. The van der Waals surface area contributed by atoms with Crippen molar-refractivity contribution in [3.8, 4) is 0 Å². The van der Waals surface area contributed by atoms with Crippen LogP contribution < -0.4 is 0 Å². The fourth-order valence-electron chi connectivity index (χ4n) is 2.45. The molecule has 0 aromatic carbocycles. The number of hydrogen-bond donors (Lipinski definition) is 1. The molecule has 1 N–H and O–H groups in total. The van der Waals surface area contributed by atoms with Crippen molar-refractivity contribution in [1.29, 1.82) is 0 Å². The molecule has 0 radical (unpaired) electrons. The second kappa shape index (κ2) is 4.54. The van der Waals surface area contributed by atoms with Crippen molar-refractivity contribution in [2.24, 2.45) is 0 Å². The molecule has 0 aliphatic carbocycles. The van der Waals surface area contributed by atoms with Crippen molar-refractivity contribution in [1.82, 2.24) is 14.6 Å². The van der Waals surface area contributed by atoms with Crippen LogP contribution in [-0.4, -0.2) is 26.3 Å². The van der Waals surface area contributed by atoms with Crippen molar-refractivity contribution < 1.29 is 9.84 Å². The monoisotopic (exact) mass is 281 g/mol. The van der Waals surface area contributed by atoms with Crippen molar-refractivity contribution in [2.45, 2.75) is 51.7 Å². The van der Waals surface area contributed by atoms with E-state index in [1.165, 1.54) is 0 Å². The number of ether oxygens (including phenoxy) is 1. The first-order valence-electron chi connectivity index (χ1n) is 6.62. The SMILES string of the molecule is CC(C)(C)c1nc2sc(C3CCCO3)nn2c1CO. The molecular weight excluding hydrogens is 262 g/mol. The molecule has 19 heavy (non-hydrogen) atoms.